The number of methoxy groups -OCH3 is 1. The van der Waals surface area contributed by atoms with Crippen molar-refractivity contribution in [1.82, 2.24) is 9.80 Å². The first kappa shape index (κ1) is 27.0. The Morgan fingerprint density at radius 3 is 2.65 bits per heavy atom. The Morgan fingerprint density at radius 1 is 1.14 bits per heavy atom. The first-order valence-electron chi connectivity index (χ1n) is 12.5. The fourth-order valence-corrected chi connectivity index (χ4v) is 5.49. The van der Waals surface area contributed by atoms with Gasteiger partial charge in [0.15, 0.2) is 0 Å². The third kappa shape index (κ3) is 6.84. The predicted octanol–water partition coefficient (Wildman–Crippen LogP) is 6.10. The van der Waals surface area contributed by atoms with Gasteiger partial charge in [-0.1, -0.05) is 31.5 Å². The van der Waals surface area contributed by atoms with Crippen LogP contribution in [-0.2, 0) is 11.2 Å². The number of thiophene rings is 1. The highest BCUT2D eigenvalue weighted by Crippen LogP contribution is 2.34. The Kier molecular flexibility index (Phi) is 9.11. The lowest BCUT2D eigenvalue weighted by atomic mass is 10.00. The highest BCUT2D eigenvalue weighted by Gasteiger charge is 2.33. The second-order valence-corrected chi connectivity index (χ2v) is 11.0. The number of amides is 2. The summed E-state index contributed by atoms with van der Waals surface area (Å²) in [6, 6.07) is 16.2. The monoisotopic (exact) mass is 540 g/mol. The minimum Gasteiger partial charge on any atom is -0.497 e. The van der Waals surface area contributed by atoms with E-state index in [-0.39, 0.29) is 24.4 Å². The fourth-order valence-electron chi connectivity index (χ4n) is 4.44. The molecule has 2 aromatic carbocycles. The predicted molar refractivity (Wildman–Crippen MR) is 148 cm³/mol. The van der Waals surface area contributed by atoms with Gasteiger partial charge >= 0.3 is 0 Å². The van der Waals surface area contributed by atoms with Crippen LogP contribution in [0.5, 0.6) is 11.5 Å². The second kappa shape index (κ2) is 12.5. The van der Waals surface area contributed by atoms with Gasteiger partial charge in [0, 0.05) is 28.6 Å². The molecule has 0 spiro atoms. The summed E-state index contributed by atoms with van der Waals surface area (Å²) in [6.07, 6.45) is 1.60. The number of halogens is 1. The standard InChI is InChI=1S/C29H33ClN2O4S/c1-20(2)11-14-31(29(34)21-5-4-6-24(17-21)35-3)18-28(33)32-15-12-27-25(13-16-37-27)26(32)19-36-23-9-7-22(30)8-10-23/h4-10,13,16-17,20,26H,11-12,14-15,18-19H2,1-3H3/t26-/m0/s1. The van der Waals surface area contributed by atoms with Gasteiger partial charge in [0.1, 0.15) is 24.7 Å². The molecule has 1 atom stereocenters. The van der Waals surface area contributed by atoms with E-state index in [0.717, 1.165) is 18.4 Å². The van der Waals surface area contributed by atoms with Crippen molar-refractivity contribution < 1.29 is 19.1 Å². The van der Waals surface area contributed by atoms with Crippen LogP contribution >= 0.6 is 22.9 Å². The number of carbonyl (C=O) groups excluding carboxylic acids is 2. The summed E-state index contributed by atoms with van der Waals surface area (Å²) in [7, 11) is 1.57. The van der Waals surface area contributed by atoms with Crippen molar-refractivity contribution in [3.8, 4) is 11.5 Å². The molecule has 2 amide bonds. The van der Waals surface area contributed by atoms with E-state index < -0.39 is 0 Å². The molecule has 37 heavy (non-hydrogen) atoms. The van der Waals surface area contributed by atoms with Gasteiger partial charge in [0.05, 0.1) is 13.2 Å². The number of hydrogen-bond donors (Lipinski definition) is 0. The third-order valence-electron chi connectivity index (χ3n) is 6.54. The molecule has 0 unspecified atom stereocenters. The molecule has 0 saturated heterocycles. The van der Waals surface area contributed by atoms with Crippen molar-refractivity contribution in [3.05, 3.63) is 81.0 Å². The molecule has 1 aromatic heterocycles. The van der Waals surface area contributed by atoms with Gasteiger partial charge in [-0.3, -0.25) is 9.59 Å². The molecule has 6 nitrogen and oxygen atoms in total. The lowest BCUT2D eigenvalue weighted by Gasteiger charge is -2.37. The largest absolute Gasteiger partial charge is 0.497 e. The summed E-state index contributed by atoms with van der Waals surface area (Å²) >= 11 is 7.72. The van der Waals surface area contributed by atoms with Crippen molar-refractivity contribution in [2.45, 2.75) is 32.7 Å². The van der Waals surface area contributed by atoms with Crippen LogP contribution in [0, 0.1) is 5.92 Å². The molecule has 0 radical (unpaired) electrons. The number of nitrogens with zero attached hydrogens (tertiary/aromatic N) is 2. The molecule has 1 aliphatic rings. The molecule has 1 aliphatic heterocycles. The molecule has 0 fully saturated rings. The number of benzene rings is 2. The maximum atomic E-state index is 13.7. The molecule has 3 aromatic rings. The van der Waals surface area contributed by atoms with Crippen LogP contribution in [0.2, 0.25) is 5.02 Å². The van der Waals surface area contributed by atoms with Gasteiger partial charge in [-0.15, -0.1) is 11.3 Å². The van der Waals surface area contributed by atoms with Gasteiger partial charge in [-0.25, -0.2) is 0 Å². The van der Waals surface area contributed by atoms with Crippen molar-refractivity contribution >= 4 is 34.8 Å². The van der Waals surface area contributed by atoms with Crippen LogP contribution in [0.3, 0.4) is 0 Å². The van der Waals surface area contributed by atoms with E-state index in [2.05, 4.69) is 25.3 Å². The van der Waals surface area contributed by atoms with Crippen LogP contribution in [0.1, 0.15) is 47.1 Å². The van der Waals surface area contributed by atoms with E-state index in [0.29, 0.717) is 47.7 Å². The summed E-state index contributed by atoms with van der Waals surface area (Å²) in [5, 5.41) is 2.71. The van der Waals surface area contributed by atoms with E-state index in [9.17, 15) is 9.59 Å². The van der Waals surface area contributed by atoms with E-state index in [1.807, 2.05) is 17.0 Å². The SMILES string of the molecule is COc1cccc(C(=O)N(CCC(C)C)CC(=O)N2CCc3sccc3[C@@H]2COc2ccc(Cl)cc2)c1. The third-order valence-corrected chi connectivity index (χ3v) is 7.79. The number of rotatable bonds is 10. The molecule has 0 bridgehead atoms. The summed E-state index contributed by atoms with van der Waals surface area (Å²) in [6.45, 7) is 5.66. The van der Waals surface area contributed by atoms with E-state index in [1.54, 1.807) is 59.7 Å². The van der Waals surface area contributed by atoms with E-state index in [4.69, 9.17) is 21.1 Å². The first-order valence-corrected chi connectivity index (χ1v) is 13.8. The quantitative estimate of drug-likeness (QED) is 0.311. The zero-order valence-electron chi connectivity index (χ0n) is 21.5. The molecule has 196 valence electrons. The Hall–Kier alpha value is -3.03. The Morgan fingerprint density at radius 2 is 1.92 bits per heavy atom. The molecule has 0 saturated carbocycles. The van der Waals surface area contributed by atoms with E-state index >= 15 is 0 Å². The Bertz CT molecular complexity index is 1210. The van der Waals surface area contributed by atoms with E-state index in [1.165, 1.54) is 4.88 Å². The number of carbonyl (C=O) groups is 2. The van der Waals surface area contributed by atoms with Crippen LogP contribution in [0.25, 0.3) is 0 Å². The van der Waals surface area contributed by atoms with Gasteiger partial charge in [0.2, 0.25) is 5.91 Å². The second-order valence-electron chi connectivity index (χ2n) is 9.56. The van der Waals surface area contributed by atoms with Crippen LogP contribution < -0.4 is 9.47 Å². The molecular formula is C29H33ClN2O4S. The molecule has 4 rings (SSSR count). The zero-order chi connectivity index (χ0) is 26.4. The Labute approximate surface area is 227 Å². The average molecular weight is 541 g/mol. The van der Waals surface area contributed by atoms with Crippen molar-refractivity contribution in [1.29, 1.82) is 0 Å². The van der Waals surface area contributed by atoms with Gasteiger partial charge < -0.3 is 19.3 Å². The van der Waals surface area contributed by atoms with Crippen LogP contribution in [0.15, 0.2) is 60.0 Å². The summed E-state index contributed by atoms with van der Waals surface area (Å²) in [5.41, 5.74) is 1.63. The molecule has 0 aliphatic carbocycles. The number of hydrogen-bond acceptors (Lipinski definition) is 5. The highest BCUT2D eigenvalue weighted by atomic mass is 35.5. The van der Waals surface area contributed by atoms with Crippen molar-refractivity contribution in [3.63, 3.8) is 0 Å². The maximum absolute atomic E-state index is 13.7. The summed E-state index contributed by atoms with van der Waals surface area (Å²) in [4.78, 5) is 32.0. The summed E-state index contributed by atoms with van der Waals surface area (Å²) < 4.78 is 11.4. The smallest absolute Gasteiger partial charge is 0.254 e. The maximum Gasteiger partial charge on any atom is 0.254 e. The van der Waals surface area contributed by atoms with Gasteiger partial charge in [-0.2, -0.15) is 0 Å². The Balaban J connectivity index is 1.53. The number of fused-ring (bicyclic) bond motifs is 1. The van der Waals surface area contributed by atoms with Crippen LogP contribution in [0.4, 0.5) is 0 Å². The summed E-state index contributed by atoms with van der Waals surface area (Å²) in [5.74, 6) is 1.46. The average Bonchev–Trinajstić information content (AvgIpc) is 3.39. The topological polar surface area (TPSA) is 59.1 Å². The fraction of sp³-hybridized carbons (Fsp3) is 0.379. The lowest BCUT2D eigenvalue weighted by molar-refractivity contribution is -0.135. The lowest BCUT2D eigenvalue weighted by Crippen LogP contribution is -2.48. The number of ether oxygens (including phenoxy) is 2. The molecular weight excluding hydrogens is 508 g/mol. The van der Waals surface area contributed by atoms with Gasteiger partial charge in [0.25, 0.3) is 5.91 Å². The zero-order valence-corrected chi connectivity index (χ0v) is 23.1. The van der Waals surface area contributed by atoms with Crippen molar-refractivity contribution in [2.75, 3.05) is 33.4 Å². The normalized spacial score (nSPS) is 14.8. The van der Waals surface area contributed by atoms with Crippen molar-refractivity contribution in [2.24, 2.45) is 5.92 Å². The molecule has 2 heterocycles. The minimum absolute atomic E-state index is 0.0136. The van der Waals surface area contributed by atoms with Gasteiger partial charge in [-0.05, 0) is 78.2 Å². The highest BCUT2D eigenvalue weighted by molar-refractivity contribution is 7.10. The minimum atomic E-state index is -0.225. The molecule has 0 N–H and O–H groups in total. The molecule has 8 heteroatoms. The first-order chi connectivity index (χ1) is 17.9. The van der Waals surface area contributed by atoms with Crippen LogP contribution in [-0.4, -0.2) is 55.0 Å².